The van der Waals surface area contributed by atoms with Gasteiger partial charge in [-0.05, 0) is 13.1 Å². The topological polar surface area (TPSA) is 18.5 Å². The molecule has 0 radical (unpaired) electrons. The van der Waals surface area contributed by atoms with Crippen LogP contribution in [0.15, 0.2) is 0 Å². The quantitative estimate of drug-likeness (QED) is 0.498. The molecule has 2 nitrogen and oxygen atoms in total. The Hall–Kier alpha value is 0.718. The molecule has 0 spiro atoms. The van der Waals surface area contributed by atoms with Gasteiger partial charge in [0.25, 0.3) is 0 Å². The summed E-state index contributed by atoms with van der Waals surface area (Å²) in [6.45, 7) is 4.23. The van der Waals surface area contributed by atoms with Crippen LogP contribution in [0, 0.1) is 0 Å². The van der Waals surface area contributed by atoms with Crippen molar-refractivity contribution in [2.75, 3.05) is 6.30 Å². The Morgan fingerprint density at radius 2 is 2.20 bits per heavy atom. The molecule has 10 heavy (non-hydrogen) atoms. The Balaban J connectivity index is 3.26. The molecule has 7 heteroatoms. The molecular formula is C3H15FO2Si4. The molecule has 0 heterocycles. The van der Waals surface area contributed by atoms with Crippen molar-refractivity contribution in [1.29, 1.82) is 0 Å². The van der Waals surface area contributed by atoms with Gasteiger partial charge in [-0.2, -0.15) is 0 Å². The highest BCUT2D eigenvalue weighted by atomic mass is 29.2. The van der Waals surface area contributed by atoms with Gasteiger partial charge in [0, 0.05) is 0 Å². The molecule has 0 saturated carbocycles. The first kappa shape index (κ1) is 10.7. The zero-order chi connectivity index (χ0) is 7.98. The minimum absolute atomic E-state index is 0.225. The lowest BCUT2D eigenvalue weighted by Crippen LogP contribution is -2.33. The third kappa shape index (κ3) is 5.50. The monoisotopic (exact) mass is 214 g/mol. The summed E-state index contributed by atoms with van der Waals surface area (Å²) in [5.41, 5.74) is 0. The second-order valence-corrected chi connectivity index (χ2v) is 13.3. The van der Waals surface area contributed by atoms with Crippen LogP contribution in [0.5, 0.6) is 0 Å². The Morgan fingerprint density at radius 3 is 2.50 bits per heavy atom. The first-order valence-electron chi connectivity index (χ1n) is 3.41. The smallest absolute Gasteiger partial charge is 0.205 e. The molecule has 0 aliphatic carbocycles. The molecule has 0 rings (SSSR count). The van der Waals surface area contributed by atoms with Crippen molar-refractivity contribution in [1.82, 2.24) is 0 Å². The maximum absolute atomic E-state index is 12.0. The molecule has 0 aromatic carbocycles. The fraction of sp³-hybridized carbons (Fsp3) is 1.00. The van der Waals surface area contributed by atoms with Crippen molar-refractivity contribution < 1.29 is 12.6 Å². The van der Waals surface area contributed by atoms with Gasteiger partial charge in [0.2, 0.25) is 8.56 Å². The van der Waals surface area contributed by atoms with Gasteiger partial charge in [-0.1, -0.05) is 0 Å². The Kier molecular flexibility index (Phi) is 6.89. The Morgan fingerprint density at radius 1 is 1.60 bits per heavy atom. The second-order valence-electron chi connectivity index (χ2n) is 2.39. The predicted molar refractivity (Wildman–Crippen MR) is 52.7 cm³/mol. The summed E-state index contributed by atoms with van der Waals surface area (Å²) in [6, 6.07) is 0. The van der Waals surface area contributed by atoms with Crippen LogP contribution in [0.25, 0.3) is 0 Å². The van der Waals surface area contributed by atoms with Crippen LogP contribution in [0.4, 0.5) is 4.39 Å². The summed E-state index contributed by atoms with van der Waals surface area (Å²) in [5.74, 6) is 0. The predicted octanol–water partition coefficient (Wildman–Crippen LogP) is -1.90. The SMILES string of the molecule is C[SiH](C)O[SiH2][SiH](CF)O[SiH3]. The normalized spacial score (nSPS) is 15.6. The minimum Gasteiger partial charge on any atom is -0.465 e. The summed E-state index contributed by atoms with van der Waals surface area (Å²) < 4.78 is 22.6. The van der Waals surface area contributed by atoms with Crippen molar-refractivity contribution in [2.45, 2.75) is 13.1 Å². The highest BCUT2D eigenvalue weighted by molar-refractivity contribution is 7.08. The van der Waals surface area contributed by atoms with E-state index in [-0.39, 0.29) is 6.30 Å². The van der Waals surface area contributed by atoms with Gasteiger partial charge in [0.1, 0.15) is 16.8 Å². The summed E-state index contributed by atoms with van der Waals surface area (Å²) >= 11 is 0. The van der Waals surface area contributed by atoms with Gasteiger partial charge in [-0.3, -0.25) is 4.39 Å². The Bertz CT molecular complexity index is 78.9. The number of rotatable bonds is 5. The summed E-state index contributed by atoms with van der Waals surface area (Å²) in [5, 5.41) is 0. The van der Waals surface area contributed by atoms with E-state index in [0.717, 1.165) is 0 Å². The molecule has 0 N–H and O–H groups in total. The van der Waals surface area contributed by atoms with Gasteiger partial charge in [-0.15, -0.1) is 0 Å². The van der Waals surface area contributed by atoms with E-state index in [4.69, 9.17) is 8.23 Å². The molecule has 62 valence electrons. The largest absolute Gasteiger partial charge is 0.465 e. The molecule has 0 saturated heterocycles. The zero-order valence-electron chi connectivity index (χ0n) is 6.76. The van der Waals surface area contributed by atoms with E-state index in [9.17, 15) is 4.39 Å². The molecule has 0 bridgehead atoms. The molecule has 0 fully saturated rings. The summed E-state index contributed by atoms with van der Waals surface area (Å²) in [7, 11) is -2.19. The van der Waals surface area contributed by atoms with Gasteiger partial charge >= 0.3 is 0 Å². The van der Waals surface area contributed by atoms with Crippen molar-refractivity contribution in [3.8, 4) is 0 Å². The van der Waals surface area contributed by atoms with Gasteiger partial charge in [-0.25, -0.2) is 0 Å². The van der Waals surface area contributed by atoms with Crippen LogP contribution in [-0.4, -0.2) is 43.7 Å². The lowest BCUT2D eigenvalue weighted by molar-refractivity contribution is 0.529. The molecule has 0 aliphatic rings. The van der Waals surface area contributed by atoms with Crippen LogP contribution in [0.2, 0.25) is 13.1 Å². The standard InChI is InChI=1S/C3H15FO2Si4/c1-9(2)6-8-10(3-4)5-7/h9-10H,3,8H2,1-2,7H3. The van der Waals surface area contributed by atoms with E-state index >= 15 is 0 Å². The highest BCUT2D eigenvalue weighted by Gasteiger charge is 2.10. The minimum atomic E-state index is -1.40. The third-order valence-electron chi connectivity index (χ3n) is 1.12. The molecule has 0 aliphatic heterocycles. The Labute approximate surface area is 69.8 Å². The van der Waals surface area contributed by atoms with Crippen molar-refractivity contribution in [3.63, 3.8) is 0 Å². The van der Waals surface area contributed by atoms with Gasteiger partial charge in [0.05, 0.1) is 0 Å². The molecule has 0 amide bonds. The number of hydrogen-bond acceptors (Lipinski definition) is 2. The number of alkyl halides is 1. The zero-order valence-corrected chi connectivity index (χ0v) is 12.5. The molecule has 1 atom stereocenters. The molecule has 0 aromatic heterocycles. The average molecular weight is 214 g/mol. The van der Waals surface area contributed by atoms with Crippen molar-refractivity contribution >= 4 is 37.4 Å². The number of hydrogen-bond donors (Lipinski definition) is 0. The highest BCUT2D eigenvalue weighted by Crippen LogP contribution is 1.87. The van der Waals surface area contributed by atoms with Crippen molar-refractivity contribution in [2.24, 2.45) is 0 Å². The van der Waals surface area contributed by atoms with E-state index in [2.05, 4.69) is 13.1 Å². The fourth-order valence-corrected chi connectivity index (χ4v) is 10.9. The van der Waals surface area contributed by atoms with Gasteiger partial charge in [0.15, 0.2) is 18.3 Å². The summed E-state index contributed by atoms with van der Waals surface area (Å²) in [4.78, 5) is 0. The average Bonchev–Trinajstić information content (AvgIpc) is 1.90. The van der Waals surface area contributed by atoms with E-state index in [1.807, 2.05) is 0 Å². The maximum Gasteiger partial charge on any atom is 0.205 e. The first-order valence-corrected chi connectivity index (χ1v) is 12.1. The van der Waals surface area contributed by atoms with Crippen LogP contribution < -0.4 is 0 Å². The van der Waals surface area contributed by atoms with Crippen LogP contribution in [0.3, 0.4) is 0 Å². The van der Waals surface area contributed by atoms with Crippen molar-refractivity contribution in [3.05, 3.63) is 0 Å². The van der Waals surface area contributed by atoms with E-state index in [1.54, 1.807) is 0 Å². The van der Waals surface area contributed by atoms with Crippen LogP contribution >= 0.6 is 0 Å². The molecular weight excluding hydrogens is 199 g/mol. The van der Waals surface area contributed by atoms with Crippen LogP contribution in [-0.2, 0) is 8.23 Å². The molecule has 1 unspecified atom stereocenters. The summed E-state index contributed by atoms with van der Waals surface area (Å²) in [6.07, 6.45) is -0.225. The maximum atomic E-state index is 12.0. The van der Waals surface area contributed by atoms with E-state index in [1.165, 1.54) is 0 Å². The first-order chi connectivity index (χ1) is 4.70. The fourth-order valence-electron chi connectivity index (χ4n) is 0.475. The number of halogens is 1. The third-order valence-corrected chi connectivity index (χ3v) is 14.4. The van der Waals surface area contributed by atoms with E-state index < -0.39 is 26.9 Å². The van der Waals surface area contributed by atoms with Crippen LogP contribution in [0.1, 0.15) is 0 Å². The van der Waals surface area contributed by atoms with Gasteiger partial charge < -0.3 is 8.23 Å². The van der Waals surface area contributed by atoms with E-state index in [0.29, 0.717) is 10.5 Å². The second kappa shape index (κ2) is 6.43. The lowest BCUT2D eigenvalue weighted by Gasteiger charge is -2.11. The molecule has 0 aromatic rings. The lowest BCUT2D eigenvalue weighted by atomic mass is 11.8.